The molecular formula is C31H28FNO4S. The Kier molecular flexibility index (Phi) is 7.29. The number of esters is 1. The average Bonchev–Trinajstić information content (AvgIpc) is 3.67. The average molecular weight is 530 g/mol. The maximum Gasteiger partial charge on any atom is 0.412 e. The molecular weight excluding hydrogens is 501 g/mol. The lowest BCUT2D eigenvalue weighted by atomic mass is 9.93. The maximum atomic E-state index is 14.2. The Bertz CT molecular complexity index is 1430. The molecule has 1 saturated carbocycles. The van der Waals surface area contributed by atoms with Crippen LogP contribution in [0.3, 0.4) is 0 Å². The third-order valence-corrected chi connectivity index (χ3v) is 7.80. The van der Waals surface area contributed by atoms with Gasteiger partial charge in [0.2, 0.25) is 0 Å². The van der Waals surface area contributed by atoms with Crippen molar-refractivity contribution in [1.29, 1.82) is 0 Å². The minimum Gasteiger partial charge on any atom is -0.465 e. The highest BCUT2D eigenvalue weighted by Gasteiger charge is 2.52. The van der Waals surface area contributed by atoms with Gasteiger partial charge in [0.15, 0.2) is 5.13 Å². The van der Waals surface area contributed by atoms with E-state index in [-0.39, 0.29) is 5.97 Å². The van der Waals surface area contributed by atoms with Crippen LogP contribution in [-0.4, -0.2) is 18.7 Å². The van der Waals surface area contributed by atoms with Gasteiger partial charge in [-0.25, -0.2) is 4.79 Å². The normalized spacial score (nSPS) is 14.4. The van der Waals surface area contributed by atoms with E-state index in [2.05, 4.69) is 5.32 Å². The lowest BCUT2D eigenvalue weighted by Crippen LogP contribution is -2.23. The van der Waals surface area contributed by atoms with Crippen LogP contribution in [-0.2, 0) is 19.7 Å². The fourth-order valence-corrected chi connectivity index (χ4v) is 5.41. The zero-order valence-electron chi connectivity index (χ0n) is 21.2. The summed E-state index contributed by atoms with van der Waals surface area (Å²) in [7, 11) is 0. The van der Waals surface area contributed by atoms with Crippen LogP contribution in [0.2, 0.25) is 0 Å². The molecule has 5 rings (SSSR count). The van der Waals surface area contributed by atoms with Gasteiger partial charge in [0.05, 0.1) is 22.6 Å². The molecule has 7 heteroatoms. The number of benzene rings is 3. The van der Waals surface area contributed by atoms with Crippen LogP contribution in [0.25, 0.3) is 21.6 Å². The molecule has 1 heterocycles. The number of anilines is 1. The van der Waals surface area contributed by atoms with Crippen molar-refractivity contribution in [2.75, 3.05) is 11.9 Å². The smallest absolute Gasteiger partial charge is 0.412 e. The molecule has 1 aromatic heterocycles. The number of carbonyl (C=O) groups excluding carboxylic acids is 2. The highest BCUT2D eigenvalue weighted by atomic mass is 32.1. The third kappa shape index (κ3) is 5.34. The Morgan fingerprint density at radius 3 is 2.16 bits per heavy atom. The number of amides is 1. The highest BCUT2D eigenvalue weighted by molar-refractivity contribution is 7.14. The second kappa shape index (κ2) is 10.8. The van der Waals surface area contributed by atoms with Gasteiger partial charge in [-0.2, -0.15) is 4.39 Å². The second-order valence-electron chi connectivity index (χ2n) is 9.33. The van der Waals surface area contributed by atoms with E-state index >= 15 is 0 Å². The second-order valence-corrected chi connectivity index (χ2v) is 10.3. The topological polar surface area (TPSA) is 64.6 Å². The van der Waals surface area contributed by atoms with Crippen LogP contribution in [0.15, 0.2) is 84.9 Å². The van der Waals surface area contributed by atoms with Crippen LogP contribution in [0.4, 0.5) is 14.9 Å². The third-order valence-electron chi connectivity index (χ3n) is 6.83. The van der Waals surface area contributed by atoms with Crippen LogP contribution < -0.4 is 5.32 Å². The van der Waals surface area contributed by atoms with Crippen molar-refractivity contribution in [3.05, 3.63) is 101 Å². The number of halogens is 1. The lowest BCUT2D eigenvalue weighted by Gasteiger charge is -2.15. The molecule has 1 atom stereocenters. The van der Waals surface area contributed by atoms with Gasteiger partial charge in [-0.05, 0) is 54.5 Å². The van der Waals surface area contributed by atoms with Crippen molar-refractivity contribution in [3.63, 3.8) is 0 Å². The first-order valence-electron chi connectivity index (χ1n) is 12.6. The van der Waals surface area contributed by atoms with Gasteiger partial charge >= 0.3 is 12.1 Å². The molecule has 1 N–H and O–H groups in total. The van der Waals surface area contributed by atoms with Crippen molar-refractivity contribution in [2.45, 2.75) is 38.2 Å². The number of ether oxygens (including phenoxy) is 2. The number of hydrogen-bond acceptors (Lipinski definition) is 5. The molecule has 0 radical (unpaired) electrons. The number of nitrogens with one attached hydrogen (secondary N) is 1. The van der Waals surface area contributed by atoms with Gasteiger partial charge < -0.3 is 9.47 Å². The summed E-state index contributed by atoms with van der Waals surface area (Å²) in [6.45, 7) is 3.99. The molecule has 1 fully saturated rings. The van der Waals surface area contributed by atoms with Crippen LogP contribution >= 0.6 is 11.3 Å². The molecule has 0 bridgehead atoms. The van der Waals surface area contributed by atoms with Crippen molar-refractivity contribution in [1.82, 2.24) is 0 Å². The van der Waals surface area contributed by atoms with E-state index in [1.54, 1.807) is 6.92 Å². The first-order chi connectivity index (χ1) is 18.4. The molecule has 194 valence electrons. The fourth-order valence-electron chi connectivity index (χ4n) is 4.56. The number of carbonyl (C=O) groups is 2. The molecule has 4 aromatic rings. The Labute approximate surface area is 225 Å². The van der Waals surface area contributed by atoms with Gasteiger partial charge in [-0.15, -0.1) is 11.3 Å². The minimum atomic E-state index is -0.645. The number of hydrogen-bond donors (Lipinski definition) is 1. The van der Waals surface area contributed by atoms with E-state index in [1.165, 1.54) is 6.07 Å². The SMILES string of the molecule is CCOC(=O)C1(c2ccc(-c3ccc(-c4sc(F)cc4NC(=O)O[C@H](C)c4ccccc4)cc3)cc2)CC1. The molecule has 1 aliphatic carbocycles. The zero-order chi connectivity index (χ0) is 26.7. The summed E-state index contributed by atoms with van der Waals surface area (Å²) in [4.78, 5) is 25.5. The summed E-state index contributed by atoms with van der Waals surface area (Å²) in [6, 6.07) is 26.4. The standard InChI is InChI=1S/C31H28FNO4S/c1-3-36-29(34)31(17-18-31)25-15-13-23(14-16-25)22-9-11-24(12-10-22)28-26(19-27(32)38-28)33-30(35)37-20(2)21-7-5-4-6-8-21/h4-16,19-20H,3,17-18H2,1-2H3,(H,33,35)/t20-/m1/s1. The molecule has 0 saturated heterocycles. The van der Waals surface area contributed by atoms with Gasteiger partial charge in [-0.1, -0.05) is 78.9 Å². The van der Waals surface area contributed by atoms with E-state index in [4.69, 9.17) is 9.47 Å². The summed E-state index contributed by atoms with van der Waals surface area (Å²) in [5, 5.41) is 2.29. The maximum absolute atomic E-state index is 14.2. The van der Waals surface area contributed by atoms with E-state index in [0.29, 0.717) is 17.2 Å². The largest absolute Gasteiger partial charge is 0.465 e. The Balaban J connectivity index is 1.29. The molecule has 0 spiro atoms. The van der Waals surface area contributed by atoms with Gasteiger partial charge in [-0.3, -0.25) is 10.1 Å². The molecule has 1 aliphatic rings. The van der Waals surface area contributed by atoms with Crippen LogP contribution in [0.5, 0.6) is 0 Å². The van der Waals surface area contributed by atoms with E-state index < -0.39 is 22.7 Å². The molecule has 3 aromatic carbocycles. The summed E-state index contributed by atoms with van der Waals surface area (Å²) in [5.41, 5.74) is 4.50. The molecule has 38 heavy (non-hydrogen) atoms. The first-order valence-corrected chi connectivity index (χ1v) is 13.4. The quantitative estimate of drug-likeness (QED) is 0.234. The fraction of sp³-hybridized carbons (Fsp3) is 0.226. The number of thiophene rings is 1. The molecule has 0 aliphatic heterocycles. The van der Waals surface area contributed by atoms with Crippen molar-refractivity contribution in [2.24, 2.45) is 0 Å². The number of rotatable bonds is 8. The Morgan fingerprint density at radius 2 is 1.55 bits per heavy atom. The summed E-state index contributed by atoms with van der Waals surface area (Å²) < 4.78 is 25.0. The summed E-state index contributed by atoms with van der Waals surface area (Å²) in [5.74, 6) is -0.150. The minimum absolute atomic E-state index is 0.150. The molecule has 5 nitrogen and oxygen atoms in total. The predicted molar refractivity (Wildman–Crippen MR) is 148 cm³/mol. The van der Waals surface area contributed by atoms with E-state index in [0.717, 1.165) is 52.0 Å². The van der Waals surface area contributed by atoms with Gasteiger partial charge in [0.25, 0.3) is 0 Å². The predicted octanol–water partition coefficient (Wildman–Crippen LogP) is 8.13. The Morgan fingerprint density at radius 1 is 0.947 bits per heavy atom. The van der Waals surface area contributed by atoms with Crippen LogP contribution in [0, 0.1) is 5.13 Å². The zero-order valence-corrected chi connectivity index (χ0v) is 22.0. The highest BCUT2D eigenvalue weighted by Crippen LogP contribution is 2.49. The first kappa shape index (κ1) is 25.7. The van der Waals surface area contributed by atoms with Crippen LogP contribution in [0.1, 0.15) is 43.9 Å². The lowest BCUT2D eigenvalue weighted by molar-refractivity contribution is -0.146. The summed E-state index contributed by atoms with van der Waals surface area (Å²) in [6.07, 6.45) is 0.535. The van der Waals surface area contributed by atoms with Crippen molar-refractivity contribution >= 4 is 29.1 Å². The molecule has 0 unspecified atom stereocenters. The van der Waals surface area contributed by atoms with Gasteiger partial charge in [0, 0.05) is 6.07 Å². The molecule has 1 amide bonds. The van der Waals surface area contributed by atoms with E-state index in [9.17, 15) is 14.0 Å². The monoisotopic (exact) mass is 529 g/mol. The van der Waals surface area contributed by atoms with E-state index in [1.807, 2.05) is 85.8 Å². The van der Waals surface area contributed by atoms with Crippen molar-refractivity contribution in [3.8, 4) is 21.6 Å². The van der Waals surface area contributed by atoms with Gasteiger partial charge in [0.1, 0.15) is 6.10 Å². The summed E-state index contributed by atoms with van der Waals surface area (Å²) >= 11 is 0.964. The van der Waals surface area contributed by atoms with Crippen molar-refractivity contribution < 1.29 is 23.5 Å². The Hall–Kier alpha value is -3.97.